The van der Waals surface area contributed by atoms with E-state index in [1.54, 1.807) is 0 Å². The minimum atomic E-state index is -0.483. The number of ketones is 1. The summed E-state index contributed by atoms with van der Waals surface area (Å²) in [5.41, 5.74) is 18.5. The van der Waals surface area contributed by atoms with Crippen LogP contribution in [-0.2, 0) is 10.8 Å². The van der Waals surface area contributed by atoms with Crippen molar-refractivity contribution in [2.24, 2.45) is 5.92 Å². The van der Waals surface area contributed by atoms with Gasteiger partial charge >= 0.3 is 0 Å². The smallest absolute Gasteiger partial charge is 0.193 e. The van der Waals surface area contributed by atoms with E-state index in [0.717, 1.165) is 11.1 Å². The van der Waals surface area contributed by atoms with Crippen molar-refractivity contribution >= 4 is 5.78 Å². The summed E-state index contributed by atoms with van der Waals surface area (Å²) in [5, 5.41) is 0. The Hall–Kier alpha value is -6.31. The maximum atomic E-state index is 15.0. The summed E-state index contributed by atoms with van der Waals surface area (Å²) >= 11 is 0. The number of fused-ring (bicyclic) bond motifs is 20. The van der Waals surface area contributed by atoms with E-state index in [-0.39, 0.29) is 23.0 Å². The van der Waals surface area contributed by atoms with Crippen LogP contribution in [0.4, 0.5) is 0 Å². The highest BCUT2D eigenvalue weighted by Crippen LogP contribution is 2.66. The lowest BCUT2D eigenvalue weighted by molar-refractivity contribution is 0.103. The van der Waals surface area contributed by atoms with Gasteiger partial charge < -0.3 is 0 Å². The van der Waals surface area contributed by atoms with Gasteiger partial charge in [0.15, 0.2) is 5.78 Å². The molecule has 242 valence electrons. The second kappa shape index (κ2) is 9.93. The Kier molecular flexibility index (Phi) is 5.42. The zero-order chi connectivity index (χ0) is 34.2. The van der Waals surface area contributed by atoms with E-state index < -0.39 is 5.41 Å². The summed E-state index contributed by atoms with van der Waals surface area (Å²) in [6, 6.07) is 57.3. The molecule has 1 heteroatoms. The van der Waals surface area contributed by atoms with Crippen LogP contribution < -0.4 is 0 Å². The van der Waals surface area contributed by atoms with Crippen molar-refractivity contribution in [2.45, 2.75) is 16.7 Å². The summed E-state index contributed by atoms with van der Waals surface area (Å²) in [5.74, 6) is 0.527. The predicted octanol–water partition coefficient (Wildman–Crippen LogP) is 11.4. The molecular weight excluding hydrogens is 629 g/mol. The summed E-state index contributed by atoms with van der Waals surface area (Å²) in [6.07, 6.45) is 9.16. The molecule has 2 spiro atoms. The van der Waals surface area contributed by atoms with E-state index in [1.165, 1.54) is 77.9 Å². The lowest BCUT2D eigenvalue weighted by Crippen LogP contribution is -2.33. The van der Waals surface area contributed by atoms with Gasteiger partial charge in [0, 0.05) is 23.0 Å². The maximum absolute atomic E-state index is 15.0. The number of rotatable bonds is 2. The van der Waals surface area contributed by atoms with Crippen molar-refractivity contribution in [2.75, 3.05) is 0 Å². The Morgan fingerprint density at radius 2 is 0.827 bits per heavy atom. The van der Waals surface area contributed by atoms with Gasteiger partial charge in [-0.15, -0.1) is 0 Å². The third-order valence-corrected chi connectivity index (χ3v) is 13.0. The van der Waals surface area contributed by atoms with E-state index in [9.17, 15) is 4.79 Å². The van der Waals surface area contributed by atoms with Crippen LogP contribution in [0.2, 0.25) is 0 Å². The molecule has 0 amide bonds. The normalized spacial score (nSPS) is 19.0. The van der Waals surface area contributed by atoms with Gasteiger partial charge in [0.25, 0.3) is 0 Å². The zero-order valence-electron chi connectivity index (χ0n) is 28.4. The Balaban J connectivity index is 1.07. The molecular formula is C51H32O. The Bertz CT molecular complexity index is 2680. The second-order valence-electron chi connectivity index (χ2n) is 15.0. The lowest BCUT2D eigenvalue weighted by atomic mass is 9.65. The van der Waals surface area contributed by atoms with Crippen LogP contribution >= 0.6 is 0 Å². The first-order valence-electron chi connectivity index (χ1n) is 18.4. The van der Waals surface area contributed by atoms with Crippen molar-refractivity contribution in [3.8, 4) is 33.4 Å². The average Bonchev–Trinajstić information content (AvgIpc) is 3.89. The number of carbonyl (C=O) groups is 1. The van der Waals surface area contributed by atoms with Gasteiger partial charge in [-0.1, -0.05) is 170 Å². The molecule has 1 nitrogen and oxygen atoms in total. The molecule has 0 N–H and O–H groups in total. The van der Waals surface area contributed by atoms with Gasteiger partial charge in [0.05, 0.1) is 10.8 Å². The fourth-order valence-corrected chi connectivity index (χ4v) is 11.1. The monoisotopic (exact) mass is 660 g/mol. The fraction of sp³-hybridized carbons (Fsp3) is 0.0784. The lowest BCUT2D eigenvalue weighted by Gasteiger charge is -2.36. The van der Waals surface area contributed by atoms with Crippen LogP contribution in [0, 0.1) is 5.92 Å². The molecule has 0 heterocycles. The van der Waals surface area contributed by atoms with Crippen molar-refractivity contribution in [1.29, 1.82) is 0 Å². The van der Waals surface area contributed by atoms with E-state index in [1.807, 2.05) is 0 Å². The first-order valence-corrected chi connectivity index (χ1v) is 18.4. The van der Waals surface area contributed by atoms with Crippen molar-refractivity contribution in [3.05, 3.63) is 238 Å². The molecule has 0 fully saturated rings. The zero-order valence-corrected chi connectivity index (χ0v) is 28.4. The Morgan fingerprint density at radius 3 is 1.38 bits per heavy atom. The standard InChI is InChI=1S/C51H32O/c52-49(31-25-27-39-37-17-5-11-23-45(37)50(47(39)29-31)41-19-7-1-13-33(41)34-14-2-8-20-42(34)50)32-26-28-40-38-18-6-12-24-46(38)51(48(40)30-32)43-21-9-3-15-35(43)36-16-4-10-22-44(36)51/h1-30,37,45H. The first-order chi connectivity index (χ1) is 25.7. The molecule has 0 radical (unpaired) electrons. The molecule has 0 bridgehead atoms. The molecule has 5 aliphatic carbocycles. The van der Waals surface area contributed by atoms with Gasteiger partial charge in [-0.05, 0) is 90.0 Å². The quantitative estimate of drug-likeness (QED) is 0.169. The van der Waals surface area contributed by atoms with Gasteiger partial charge in [-0.2, -0.15) is 0 Å². The third kappa shape index (κ3) is 3.20. The van der Waals surface area contributed by atoms with Crippen molar-refractivity contribution < 1.29 is 4.79 Å². The number of carbonyl (C=O) groups excluding carboxylic acids is 1. The maximum Gasteiger partial charge on any atom is 0.193 e. The largest absolute Gasteiger partial charge is 0.289 e. The summed E-state index contributed by atoms with van der Waals surface area (Å²) in [7, 11) is 0. The van der Waals surface area contributed by atoms with Gasteiger partial charge in [-0.3, -0.25) is 4.79 Å². The first kappa shape index (κ1) is 28.4. The molecule has 0 aromatic heterocycles. The number of benzene rings is 7. The minimum absolute atomic E-state index is 0.0620. The molecule has 2 unspecified atom stereocenters. The minimum Gasteiger partial charge on any atom is -0.289 e. The Morgan fingerprint density at radius 1 is 0.404 bits per heavy atom. The van der Waals surface area contributed by atoms with E-state index >= 15 is 0 Å². The van der Waals surface area contributed by atoms with Crippen LogP contribution in [0.5, 0.6) is 0 Å². The summed E-state index contributed by atoms with van der Waals surface area (Å²) in [4.78, 5) is 15.0. The van der Waals surface area contributed by atoms with Crippen LogP contribution in [0.15, 0.2) is 182 Å². The molecule has 0 saturated carbocycles. The van der Waals surface area contributed by atoms with Crippen molar-refractivity contribution in [1.82, 2.24) is 0 Å². The molecule has 52 heavy (non-hydrogen) atoms. The van der Waals surface area contributed by atoms with E-state index in [4.69, 9.17) is 0 Å². The van der Waals surface area contributed by atoms with E-state index in [2.05, 4.69) is 182 Å². The highest BCUT2D eigenvalue weighted by Gasteiger charge is 2.57. The second-order valence-corrected chi connectivity index (χ2v) is 15.0. The molecule has 0 saturated heterocycles. The summed E-state index contributed by atoms with van der Waals surface area (Å²) < 4.78 is 0. The van der Waals surface area contributed by atoms with Crippen molar-refractivity contribution in [3.63, 3.8) is 0 Å². The fourth-order valence-electron chi connectivity index (χ4n) is 11.1. The molecule has 12 rings (SSSR count). The topological polar surface area (TPSA) is 17.1 Å². The van der Waals surface area contributed by atoms with E-state index in [0.29, 0.717) is 0 Å². The molecule has 2 atom stereocenters. The van der Waals surface area contributed by atoms with Crippen LogP contribution in [0.3, 0.4) is 0 Å². The van der Waals surface area contributed by atoms with Gasteiger partial charge in [-0.25, -0.2) is 0 Å². The molecule has 7 aromatic carbocycles. The summed E-state index contributed by atoms with van der Waals surface area (Å²) in [6.45, 7) is 0. The molecule has 5 aliphatic rings. The molecule has 0 aliphatic heterocycles. The number of hydrogen-bond donors (Lipinski definition) is 0. The number of allylic oxidation sites excluding steroid dienone is 4. The third-order valence-electron chi connectivity index (χ3n) is 13.0. The highest BCUT2D eigenvalue weighted by molar-refractivity contribution is 6.10. The van der Waals surface area contributed by atoms with Gasteiger partial charge in [0.1, 0.15) is 0 Å². The average molecular weight is 661 g/mol. The van der Waals surface area contributed by atoms with Crippen LogP contribution in [0.25, 0.3) is 33.4 Å². The predicted molar refractivity (Wildman–Crippen MR) is 209 cm³/mol. The van der Waals surface area contributed by atoms with Crippen LogP contribution in [0.1, 0.15) is 66.3 Å². The number of hydrogen-bond acceptors (Lipinski definition) is 1. The van der Waals surface area contributed by atoms with Crippen LogP contribution in [-0.4, -0.2) is 5.78 Å². The highest BCUT2D eigenvalue weighted by atomic mass is 16.1. The Labute approximate surface area is 303 Å². The van der Waals surface area contributed by atoms with Gasteiger partial charge in [0.2, 0.25) is 0 Å². The SMILES string of the molecule is O=C(c1ccc2c(c1)C1(c3ccccc3-c3ccccc31)c1ccccc1-2)c1ccc2c(c1)C1(c3ccccc3-c3ccccc31)C1C=CC=CC21. The molecule has 7 aromatic rings.